The monoisotopic (exact) mass is 340 g/mol. The van der Waals surface area contributed by atoms with Crippen molar-refractivity contribution >= 4 is 5.78 Å². The van der Waals surface area contributed by atoms with E-state index in [2.05, 4.69) is 36.3 Å². The lowest BCUT2D eigenvalue weighted by atomic mass is 9.49. The Hall–Kier alpha value is -1.85. The molecule has 2 aliphatic heterocycles. The number of ether oxygens (including phenoxy) is 2. The van der Waals surface area contributed by atoms with Crippen molar-refractivity contribution in [2.45, 2.75) is 42.9 Å². The first-order chi connectivity index (χ1) is 12.1. The number of nitrogens with one attached hydrogen (secondary N) is 1. The molecule has 2 aliphatic carbocycles. The van der Waals surface area contributed by atoms with Crippen LogP contribution in [0.3, 0.4) is 0 Å². The quantitative estimate of drug-likeness (QED) is 0.902. The fraction of sp³-hybridized carbons (Fsp3) is 0.550. The Kier molecular flexibility index (Phi) is 3.00. The summed E-state index contributed by atoms with van der Waals surface area (Å²) in [6.07, 6.45) is 5.27. The zero-order chi connectivity index (χ0) is 17.4. The van der Waals surface area contributed by atoms with Gasteiger partial charge in [-0.1, -0.05) is 19.1 Å². The lowest BCUT2D eigenvalue weighted by Crippen LogP contribution is -2.79. The Labute approximate surface area is 148 Å². The normalized spacial score (nSPS) is 37.6. The Bertz CT molecular complexity index is 804. The van der Waals surface area contributed by atoms with Gasteiger partial charge >= 0.3 is 0 Å². The molecule has 0 saturated carbocycles. The minimum atomic E-state index is -0.460. The van der Waals surface area contributed by atoms with Gasteiger partial charge < -0.3 is 19.7 Å². The third kappa shape index (κ3) is 1.55. The second-order valence-corrected chi connectivity index (χ2v) is 7.69. The number of methoxy groups -OCH3 is 1. The number of nitrogens with zero attached hydrogens (tertiary/aromatic N) is 1. The van der Waals surface area contributed by atoms with Gasteiger partial charge in [-0.2, -0.15) is 0 Å². The van der Waals surface area contributed by atoms with Crippen LogP contribution in [-0.2, 0) is 16.6 Å². The molecule has 4 aliphatic rings. The van der Waals surface area contributed by atoms with E-state index in [4.69, 9.17) is 9.47 Å². The first-order valence-corrected chi connectivity index (χ1v) is 9.14. The molecular formula is C20H24N2O3. The average Bonchev–Trinajstić information content (AvgIpc) is 2.96. The number of hydrogen-bond donors (Lipinski definition) is 1. The molecule has 1 aromatic carbocycles. The Morgan fingerprint density at radius 2 is 2.28 bits per heavy atom. The van der Waals surface area contributed by atoms with Crippen molar-refractivity contribution in [2.75, 3.05) is 27.2 Å². The van der Waals surface area contributed by atoms with Crippen LogP contribution in [0.25, 0.3) is 0 Å². The molecule has 1 spiro atoms. The van der Waals surface area contributed by atoms with Crippen LogP contribution in [0.1, 0.15) is 24.5 Å². The third-order valence-electron chi connectivity index (χ3n) is 6.86. The van der Waals surface area contributed by atoms with Crippen LogP contribution < -0.4 is 14.8 Å². The average molecular weight is 340 g/mol. The summed E-state index contributed by atoms with van der Waals surface area (Å²) in [5.74, 6) is 1.59. The molecule has 1 saturated heterocycles. The number of ketones is 1. The van der Waals surface area contributed by atoms with Gasteiger partial charge in [0, 0.05) is 11.6 Å². The molecule has 5 heteroatoms. The van der Waals surface area contributed by atoms with Crippen molar-refractivity contribution in [3.05, 3.63) is 35.4 Å². The van der Waals surface area contributed by atoms with Gasteiger partial charge in [-0.3, -0.25) is 4.79 Å². The van der Waals surface area contributed by atoms with Crippen LogP contribution in [-0.4, -0.2) is 55.6 Å². The second kappa shape index (κ2) is 4.86. The fourth-order valence-corrected chi connectivity index (χ4v) is 5.94. The van der Waals surface area contributed by atoms with Crippen molar-refractivity contribution in [1.82, 2.24) is 10.2 Å². The van der Waals surface area contributed by atoms with Gasteiger partial charge in [0.25, 0.3) is 0 Å². The maximum atomic E-state index is 12.9. The van der Waals surface area contributed by atoms with Crippen molar-refractivity contribution in [3.8, 4) is 11.5 Å². The Balaban J connectivity index is 1.87. The van der Waals surface area contributed by atoms with Crippen molar-refractivity contribution in [1.29, 1.82) is 0 Å². The van der Waals surface area contributed by atoms with E-state index in [1.807, 2.05) is 6.07 Å². The highest BCUT2D eigenvalue weighted by Crippen LogP contribution is 2.63. The summed E-state index contributed by atoms with van der Waals surface area (Å²) < 4.78 is 11.9. The number of rotatable bonds is 3. The summed E-state index contributed by atoms with van der Waals surface area (Å²) in [6.45, 7) is 3.96. The smallest absolute Gasteiger partial charge is 0.196 e. The number of carbonyl (C=O) groups excluding carboxylic acids is 1. The molecule has 0 unspecified atom stereocenters. The maximum Gasteiger partial charge on any atom is 0.196 e. The van der Waals surface area contributed by atoms with Gasteiger partial charge in [0.05, 0.1) is 18.1 Å². The van der Waals surface area contributed by atoms with E-state index < -0.39 is 6.10 Å². The first kappa shape index (κ1) is 15.4. The molecule has 5 nitrogen and oxygen atoms in total. The molecule has 132 valence electrons. The molecule has 1 aromatic rings. The summed E-state index contributed by atoms with van der Waals surface area (Å²) >= 11 is 0. The summed E-state index contributed by atoms with van der Waals surface area (Å²) in [7, 11) is 3.86. The molecule has 25 heavy (non-hydrogen) atoms. The van der Waals surface area contributed by atoms with Gasteiger partial charge in [-0.15, -0.1) is 0 Å². The van der Waals surface area contributed by atoms with E-state index >= 15 is 0 Å². The summed E-state index contributed by atoms with van der Waals surface area (Å²) in [6, 6.07) is 4.45. The number of piperidine rings is 1. The van der Waals surface area contributed by atoms with Gasteiger partial charge in [-0.05, 0) is 50.7 Å². The van der Waals surface area contributed by atoms with E-state index in [0.29, 0.717) is 6.04 Å². The predicted octanol–water partition coefficient (Wildman–Crippen LogP) is 1.44. The molecular weight excluding hydrogens is 316 g/mol. The number of likely N-dealkylation sites (N-methyl/N-ethyl adjacent to an activating group) is 2. The summed E-state index contributed by atoms with van der Waals surface area (Å²) in [5.41, 5.74) is 1.88. The minimum absolute atomic E-state index is 0.0722. The molecule has 0 aromatic heterocycles. The van der Waals surface area contributed by atoms with Gasteiger partial charge in [0.1, 0.15) is 0 Å². The highest BCUT2D eigenvalue weighted by molar-refractivity contribution is 5.99. The van der Waals surface area contributed by atoms with Gasteiger partial charge in [0.2, 0.25) is 0 Å². The van der Waals surface area contributed by atoms with Gasteiger partial charge in [-0.25, -0.2) is 0 Å². The number of benzene rings is 1. The molecule has 2 bridgehead atoms. The molecule has 1 N–H and O–H groups in total. The molecule has 1 fully saturated rings. The zero-order valence-electron chi connectivity index (χ0n) is 15.0. The van der Waals surface area contributed by atoms with Crippen LogP contribution in [0.2, 0.25) is 0 Å². The molecule has 4 atom stereocenters. The van der Waals surface area contributed by atoms with E-state index in [9.17, 15) is 4.79 Å². The minimum Gasteiger partial charge on any atom is -0.493 e. The number of likely N-dealkylation sites (tertiary alicyclic amines) is 1. The van der Waals surface area contributed by atoms with Crippen molar-refractivity contribution in [3.63, 3.8) is 0 Å². The van der Waals surface area contributed by atoms with Crippen LogP contribution in [0.15, 0.2) is 24.3 Å². The molecule has 0 radical (unpaired) electrons. The summed E-state index contributed by atoms with van der Waals surface area (Å²) in [4.78, 5) is 15.3. The van der Waals surface area contributed by atoms with Crippen molar-refractivity contribution < 1.29 is 14.3 Å². The Morgan fingerprint density at radius 1 is 1.44 bits per heavy atom. The highest BCUT2D eigenvalue weighted by atomic mass is 16.5. The summed E-state index contributed by atoms with van der Waals surface area (Å²) in [5, 5.41) is 3.78. The second-order valence-electron chi connectivity index (χ2n) is 7.69. The van der Waals surface area contributed by atoms with E-state index in [1.54, 1.807) is 13.2 Å². The zero-order valence-corrected chi connectivity index (χ0v) is 15.0. The fourth-order valence-electron chi connectivity index (χ4n) is 5.94. The predicted molar refractivity (Wildman–Crippen MR) is 94.4 cm³/mol. The maximum absolute atomic E-state index is 12.9. The van der Waals surface area contributed by atoms with Gasteiger partial charge in [0.15, 0.2) is 23.4 Å². The standard InChI is InChI=1S/C20H24N2O3/c1-4-21-20-8-7-13(23)18-19(20)9-10-22(2)15(20)11-12-5-6-14(24-3)17(25-18)16(12)19/h5-8,15,18,21H,4,9-11H2,1-3H3/t15-,18+,19+,20-/m1/s1. The van der Waals surface area contributed by atoms with E-state index in [1.165, 1.54) is 11.1 Å². The lowest BCUT2D eigenvalue weighted by molar-refractivity contribution is -0.129. The molecule has 0 amide bonds. The molecule has 2 heterocycles. The molecule has 5 rings (SSSR count). The lowest BCUT2D eigenvalue weighted by Gasteiger charge is -2.63. The number of carbonyl (C=O) groups is 1. The van der Waals surface area contributed by atoms with E-state index in [0.717, 1.165) is 37.4 Å². The topological polar surface area (TPSA) is 50.8 Å². The van der Waals surface area contributed by atoms with Crippen molar-refractivity contribution in [2.24, 2.45) is 0 Å². The van der Waals surface area contributed by atoms with E-state index in [-0.39, 0.29) is 16.7 Å². The first-order valence-electron chi connectivity index (χ1n) is 9.14. The Morgan fingerprint density at radius 3 is 3.04 bits per heavy atom. The van der Waals surface area contributed by atoms with Crippen LogP contribution in [0.4, 0.5) is 0 Å². The van der Waals surface area contributed by atoms with Crippen LogP contribution in [0.5, 0.6) is 11.5 Å². The largest absolute Gasteiger partial charge is 0.493 e. The number of hydrogen-bond acceptors (Lipinski definition) is 5. The van der Waals surface area contributed by atoms with Crippen LogP contribution >= 0.6 is 0 Å². The van der Waals surface area contributed by atoms with Crippen LogP contribution in [0, 0.1) is 0 Å². The SMILES string of the molecule is CCN[C@@]12C=CC(=O)[C@@H]3Oc4c(OC)ccc5c4[C@@]31CCN(C)[C@@H]2C5. The third-order valence-corrected chi connectivity index (χ3v) is 6.86. The highest BCUT2D eigenvalue weighted by Gasteiger charge is 2.71.